The standard InChI is InChI=1S/C20H26N2O3S/c1-5-17-8-10-18(11-9-17)14-21(3)20(23)15-22(4)26(24,25)19-12-6-16(2)7-13-19/h6-13H,5,14-15H2,1-4H3. The SMILES string of the molecule is CCc1ccc(CN(C)C(=O)CN(C)S(=O)(=O)c2ccc(C)cc2)cc1. The molecule has 0 aliphatic heterocycles. The van der Waals surface area contributed by atoms with Crippen molar-refractivity contribution in [2.45, 2.75) is 31.7 Å². The smallest absolute Gasteiger partial charge is 0.243 e. The first kappa shape index (κ1) is 20.1. The van der Waals surface area contributed by atoms with Gasteiger partial charge in [-0.1, -0.05) is 48.9 Å². The quantitative estimate of drug-likeness (QED) is 0.749. The molecule has 26 heavy (non-hydrogen) atoms. The minimum Gasteiger partial charge on any atom is -0.340 e. The zero-order chi connectivity index (χ0) is 19.3. The van der Waals surface area contributed by atoms with Crippen molar-refractivity contribution in [2.75, 3.05) is 20.6 Å². The van der Waals surface area contributed by atoms with Crippen molar-refractivity contribution in [1.82, 2.24) is 9.21 Å². The van der Waals surface area contributed by atoms with Crippen molar-refractivity contribution in [3.8, 4) is 0 Å². The van der Waals surface area contributed by atoms with Gasteiger partial charge < -0.3 is 4.90 Å². The molecule has 0 saturated carbocycles. The Morgan fingerprint density at radius 2 is 1.46 bits per heavy atom. The number of sulfonamides is 1. The predicted octanol–water partition coefficient (Wildman–Crippen LogP) is 2.84. The first-order chi connectivity index (χ1) is 12.2. The van der Waals surface area contributed by atoms with E-state index in [0.29, 0.717) is 6.54 Å². The van der Waals surface area contributed by atoms with E-state index in [1.165, 1.54) is 12.6 Å². The summed E-state index contributed by atoms with van der Waals surface area (Å²) in [6, 6.07) is 14.7. The second-order valence-electron chi connectivity index (χ2n) is 6.49. The molecule has 0 atom stereocenters. The van der Waals surface area contributed by atoms with Crippen molar-refractivity contribution >= 4 is 15.9 Å². The third kappa shape index (κ3) is 4.93. The fourth-order valence-electron chi connectivity index (χ4n) is 2.53. The molecule has 0 bridgehead atoms. The molecule has 0 radical (unpaired) electrons. The molecule has 0 aliphatic rings. The van der Waals surface area contributed by atoms with Crippen LogP contribution < -0.4 is 0 Å². The van der Waals surface area contributed by atoms with Crippen LogP contribution in [0.1, 0.15) is 23.6 Å². The van der Waals surface area contributed by atoms with Crippen molar-refractivity contribution in [3.05, 3.63) is 65.2 Å². The van der Waals surface area contributed by atoms with Crippen LogP contribution >= 0.6 is 0 Å². The van der Waals surface area contributed by atoms with E-state index in [9.17, 15) is 13.2 Å². The normalized spacial score (nSPS) is 11.6. The summed E-state index contributed by atoms with van der Waals surface area (Å²) in [4.78, 5) is 14.2. The summed E-state index contributed by atoms with van der Waals surface area (Å²) < 4.78 is 26.3. The Labute approximate surface area is 156 Å². The van der Waals surface area contributed by atoms with Gasteiger partial charge in [0.15, 0.2) is 0 Å². The lowest BCUT2D eigenvalue weighted by Gasteiger charge is -2.22. The maximum Gasteiger partial charge on any atom is 0.243 e. The van der Waals surface area contributed by atoms with Gasteiger partial charge in [0.05, 0.1) is 11.4 Å². The largest absolute Gasteiger partial charge is 0.340 e. The summed E-state index contributed by atoms with van der Waals surface area (Å²) >= 11 is 0. The van der Waals surface area contributed by atoms with Gasteiger partial charge in [0.2, 0.25) is 15.9 Å². The molecule has 2 rings (SSSR count). The van der Waals surface area contributed by atoms with Gasteiger partial charge in [-0.2, -0.15) is 4.31 Å². The minimum absolute atomic E-state index is 0.191. The van der Waals surface area contributed by atoms with Gasteiger partial charge in [-0.3, -0.25) is 4.79 Å². The number of rotatable bonds is 7. The highest BCUT2D eigenvalue weighted by Gasteiger charge is 2.24. The number of aryl methyl sites for hydroxylation is 2. The van der Waals surface area contributed by atoms with E-state index in [0.717, 1.165) is 21.9 Å². The van der Waals surface area contributed by atoms with Gasteiger partial charge in [0, 0.05) is 20.6 Å². The molecule has 1 amide bonds. The Bertz CT molecular complexity index is 844. The molecule has 0 aliphatic carbocycles. The minimum atomic E-state index is -3.68. The first-order valence-corrected chi connectivity index (χ1v) is 10.0. The molecule has 6 heteroatoms. The van der Waals surface area contributed by atoms with Crippen LogP contribution in [0.4, 0.5) is 0 Å². The lowest BCUT2D eigenvalue weighted by Crippen LogP contribution is -2.39. The van der Waals surface area contributed by atoms with Crippen molar-refractivity contribution < 1.29 is 13.2 Å². The van der Waals surface area contributed by atoms with Crippen LogP contribution in [0.25, 0.3) is 0 Å². The summed E-state index contributed by atoms with van der Waals surface area (Å²) in [6.07, 6.45) is 0.969. The summed E-state index contributed by atoms with van der Waals surface area (Å²) in [5.74, 6) is -0.247. The predicted molar refractivity (Wildman–Crippen MR) is 103 cm³/mol. The van der Waals surface area contributed by atoms with Crippen molar-refractivity contribution in [1.29, 1.82) is 0 Å². The van der Waals surface area contributed by atoms with Crippen LogP contribution in [0.2, 0.25) is 0 Å². The average molecular weight is 375 g/mol. The number of hydrogen-bond donors (Lipinski definition) is 0. The zero-order valence-electron chi connectivity index (χ0n) is 15.8. The number of hydrogen-bond acceptors (Lipinski definition) is 3. The van der Waals surface area contributed by atoms with Crippen LogP contribution in [0.3, 0.4) is 0 Å². The number of carbonyl (C=O) groups excluding carboxylic acids is 1. The van der Waals surface area contributed by atoms with Gasteiger partial charge in [0.1, 0.15) is 0 Å². The van der Waals surface area contributed by atoms with Crippen LogP contribution in [0, 0.1) is 6.92 Å². The van der Waals surface area contributed by atoms with Gasteiger partial charge in [-0.05, 0) is 36.6 Å². The molecule has 0 heterocycles. The fraction of sp³-hybridized carbons (Fsp3) is 0.350. The highest BCUT2D eigenvalue weighted by atomic mass is 32.2. The van der Waals surface area contributed by atoms with Gasteiger partial charge in [-0.15, -0.1) is 0 Å². The molecule has 0 fully saturated rings. The van der Waals surface area contributed by atoms with Crippen LogP contribution in [0.15, 0.2) is 53.4 Å². The van der Waals surface area contributed by atoms with Gasteiger partial charge >= 0.3 is 0 Å². The second kappa shape index (κ2) is 8.47. The van der Waals surface area contributed by atoms with E-state index in [1.54, 1.807) is 36.2 Å². The molecular weight excluding hydrogens is 348 g/mol. The number of nitrogens with zero attached hydrogens (tertiary/aromatic N) is 2. The molecule has 140 valence electrons. The molecule has 0 unspecified atom stereocenters. The van der Waals surface area contributed by atoms with Crippen molar-refractivity contribution in [3.63, 3.8) is 0 Å². The number of likely N-dealkylation sites (N-methyl/N-ethyl adjacent to an activating group) is 2. The van der Waals surface area contributed by atoms with Gasteiger partial charge in [-0.25, -0.2) is 8.42 Å². The summed E-state index contributed by atoms with van der Waals surface area (Å²) in [6.45, 7) is 4.24. The second-order valence-corrected chi connectivity index (χ2v) is 8.54. The third-order valence-electron chi connectivity index (χ3n) is 4.36. The number of amides is 1. The summed E-state index contributed by atoms with van der Waals surface area (Å²) in [5, 5.41) is 0. The lowest BCUT2D eigenvalue weighted by molar-refractivity contribution is -0.130. The van der Waals surface area contributed by atoms with E-state index >= 15 is 0 Å². The first-order valence-electron chi connectivity index (χ1n) is 8.59. The van der Waals surface area contributed by atoms with E-state index in [-0.39, 0.29) is 17.3 Å². The Hall–Kier alpha value is -2.18. The maximum atomic E-state index is 12.6. The summed E-state index contributed by atoms with van der Waals surface area (Å²) in [5.41, 5.74) is 3.24. The maximum absolute atomic E-state index is 12.6. The summed E-state index contributed by atoms with van der Waals surface area (Å²) in [7, 11) is -0.570. The zero-order valence-corrected chi connectivity index (χ0v) is 16.6. The highest BCUT2D eigenvalue weighted by Crippen LogP contribution is 2.15. The molecular formula is C20H26N2O3S. The molecule has 0 saturated heterocycles. The topological polar surface area (TPSA) is 57.7 Å². The Kier molecular flexibility index (Phi) is 6.56. The van der Waals surface area contributed by atoms with Crippen molar-refractivity contribution in [2.24, 2.45) is 0 Å². The Balaban J connectivity index is 2.01. The number of carbonyl (C=O) groups is 1. The van der Waals surface area contributed by atoms with E-state index in [2.05, 4.69) is 6.92 Å². The fourth-order valence-corrected chi connectivity index (χ4v) is 3.65. The van der Waals surface area contributed by atoms with E-state index < -0.39 is 10.0 Å². The lowest BCUT2D eigenvalue weighted by atomic mass is 10.1. The van der Waals surface area contributed by atoms with Crippen LogP contribution in [0.5, 0.6) is 0 Å². The van der Waals surface area contributed by atoms with Crippen LogP contribution in [-0.2, 0) is 27.8 Å². The van der Waals surface area contributed by atoms with Crippen LogP contribution in [-0.4, -0.2) is 44.2 Å². The molecule has 0 spiro atoms. The van der Waals surface area contributed by atoms with E-state index in [4.69, 9.17) is 0 Å². The highest BCUT2D eigenvalue weighted by molar-refractivity contribution is 7.89. The average Bonchev–Trinajstić information content (AvgIpc) is 2.62. The monoisotopic (exact) mass is 374 g/mol. The molecule has 5 nitrogen and oxygen atoms in total. The molecule has 0 aromatic heterocycles. The Morgan fingerprint density at radius 3 is 2.00 bits per heavy atom. The third-order valence-corrected chi connectivity index (χ3v) is 6.18. The molecule has 2 aromatic carbocycles. The molecule has 0 N–H and O–H groups in total. The van der Waals surface area contributed by atoms with E-state index in [1.807, 2.05) is 31.2 Å². The molecule has 2 aromatic rings. The number of benzene rings is 2. The Morgan fingerprint density at radius 1 is 0.923 bits per heavy atom. The van der Waals surface area contributed by atoms with Gasteiger partial charge in [0.25, 0.3) is 0 Å².